The third kappa shape index (κ3) is 3.77. The molecule has 0 fully saturated rings. The number of nitrogens with two attached hydrogens (primary N) is 1. The molecule has 0 saturated carbocycles. The fourth-order valence-electron chi connectivity index (χ4n) is 2.48. The summed E-state index contributed by atoms with van der Waals surface area (Å²) in [6.45, 7) is 6.33. The second kappa shape index (κ2) is 6.13. The Morgan fingerprint density at radius 3 is 1.91 bits per heavy atom. The molecule has 122 valence electrons. The Balaban J connectivity index is 2.33. The average molecular weight is 315 g/mol. The lowest BCUT2D eigenvalue weighted by Crippen LogP contribution is -2.43. The lowest BCUT2D eigenvalue weighted by molar-refractivity contribution is -0.137. The molecule has 0 aromatic heterocycles. The van der Waals surface area contributed by atoms with Gasteiger partial charge in [0.2, 0.25) is 0 Å². The molecular formula is C19H22FNO2. The van der Waals surface area contributed by atoms with Crippen molar-refractivity contribution in [3.63, 3.8) is 0 Å². The average Bonchev–Trinajstić information content (AvgIpc) is 2.47. The van der Waals surface area contributed by atoms with Crippen LogP contribution in [-0.4, -0.2) is 11.0 Å². The first-order valence-electron chi connectivity index (χ1n) is 7.51. The van der Waals surface area contributed by atoms with E-state index in [1.807, 2.05) is 24.3 Å². The summed E-state index contributed by atoms with van der Waals surface area (Å²) in [5.74, 6) is -1.29. The van der Waals surface area contributed by atoms with Crippen LogP contribution in [0.4, 0.5) is 4.39 Å². The Bertz CT molecular complexity index is 687. The maximum absolute atomic E-state index is 13.1. The van der Waals surface area contributed by atoms with E-state index < -0.39 is 17.3 Å². The highest BCUT2D eigenvalue weighted by Crippen LogP contribution is 2.28. The standard InChI is InChI=1S/C19H22FNO2/c1-18(2,3)14-6-4-13(5-7-14)12-19(23,17(21)22)15-8-10-16(20)11-9-15/h4-11,23H,12H2,1-3H3,(H2,21,22). The summed E-state index contributed by atoms with van der Waals surface area (Å²) in [5, 5.41) is 10.7. The van der Waals surface area contributed by atoms with E-state index in [4.69, 9.17) is 5.73 Å². The summed E-state index contributed by atoms with van der Waals surface area (Å²) in [5.41, 5.74) is 5.79. The molecule has 23 heavy (non-hydrogen) atoms. The van der Waals surface area contributed by atoms with Crippen molar-refractivity contribution in [1.29, 1.82) is 0 Å². The minimum atomic E-state index is -1.86. The van der Waals surface area contributed by atoms with Crippen LogP contribution in [0.2, 0.25) is 0 Å². The number of halogens is 1. The smallest absolute Gasteiger partial charge is 0.254 e. The number of carbonyl (C=O) groups is 1. The Kier molecular flexibility index (Phi) is 4.57. The van der Waals surface area contributed by atoms with E-state index >= 15 is 0 Å². The molecule has 1 atom stereocenters. The van der Waals surface area contributed by atoms with Crippen LogP contribution in [-0.2, 0) is 22.2 Å². The third-order valence-electron chi connectivity index (χ3n) is 4.01. The molecule has 1 unspecified atom stereocenters. The predicted molar refractivity (Wildman–Crippen MR) is 88.3 cm³/mol. The summed E-state index contributed by atoms with van der Waals surface area (Å²) < 4.78 is 13.1. The molecule has 3 N–H and O–H groups in total. The second-order valence-electron chi connectivity index (χ2n) is 6.86. The number of rotatable bonds is 4. The van der Waals surface area contributed by atoms with Gasteiger partial charge in [0, 0.05) is 6.42 Å². The molecule has 2 aromatic carbocycles. The number of benzene rings is 2. The summed E-state index contributed by atoms with van der Waals surface area (Å²) in [6, 6.07) is 12.9. The predicted octanol–water partition coefficient (Wildman–Crippen LogP) is 3.04. The highest BCUT2D eigenvalue weighted by Gasteiger charge is 2.36. The zero-order chi connectivity index (χ0) is 17.3. The lowest BCUT2D eigenvalue weighted by Gasteiger charge is -2.26. The van der Waals surface area contributed by atoms with Gasteiger partial charge in [0.1, 0.15) is 5.82 Å². The van der Waals surface area contributed by atoms with Gasteiger partial charge >= 0.3 is 0 Å². The maximum atomic E-state index is 13.1. The number of aliphatic hydroxyl groups is 1. The van der Waals surface area contributed by atoms with Crippen LogP contribution in [0.1, 0.15) is 37.5 Å². The topological polar surface area (TPSA) is 63.3 Å². The zero-order valence-electron chi connectivity index (χ0n) is 13.6. The Morgan fingerprint density at radius 2 is 1.48 bits per heavy atom. The van der Waals surface area contributed by atoms with Gasteiger partial charge in [0.25, 0.3) is 5.91 Å². The van der Waals surface area contributed by atoms with Gasteiger partial charge in [-0.05, 0) is 34.2 Å². The van der Waals surface area contributed by atoms with Crippen LogP contribution in [0.15, 0.2) is 48.5 Å². The van der Waals surface area contributed by atoms with Crippen LogP contribution in [0.3, 0.4) is 0 Å². The monoisotopic (exact) mass is 315 g/mol. The summed E-state index contributed by atoms with van der Waals surface area (Å²) >= 11 is 0. The Morgan fingerprint density at radius 1 is 1.00 bits per heavy atom. The van der Waals surface area contributed by atoms with E-state index in [1.165, 1.54) is 24.3 Å². The molecule has 2 rings (SSSR count). The van der Waals surface area contributed by atoms with Crippen LogP contribution >= 0.6 is 0 Å². The summed E-state index contributed by atoms with van der Waals surface area (Å²) in [6.07, 6.45) is 0.0401. The fourth-order valence-corrected chi connectivity index (χ4v) is 2.48. The largest absolute Gasteiger partial charge is 0.375 e. The van der Waals surface area contributed by atoms with Crippen LogP contribution in [0.5, 0.6) is 0 Å². The highest BCUT2D eigenvalue weighted by atomic mass is 19.1. The SMILES string of the molecule is CC(C)(C)c1ccc(CC(O)(C(N)=O)c2ccc(F)cc2)cc1. The molecule has 0 bridgehead atoms. The van der Waals surface area contributed by atoms with Crippen molar-refractivity contribution in [2.24, 2.45) is 5.73 Å². The second-order valence-corrected chi connectivity index (χ2v) is 6.86. The van der Waals surface area contributed by atoms with Gasteiger partial charge in [-0.1, -0.05) is 57.2 Å². The van der Waals surface area contributed by atoms with Crippen LogP contribution in [0, 0.1) is 5.82 Å². The van der Waals surface area contributed by atoms with E-state index in [2.05, 4.69) is 20.8 Å². The van der Waals surface area contributed by atoms with E-state index in [9.17, 15) is 14.3 Å². The molecule has 0 saturated heterocycles. The number of primary amides is 1. The van der Waals surface area contributed by atoms with Crippen LogP contribution < -0.4 is 5.73 Å². The van der Waals surface area contributed by atoms with Gasteiger partial charge in [-0.15, -0.1) is 0 Å². The quantitative estimate of drug-likeness (QED) is 0.911. The van der Waals surface area contributed by atoms with Gasteiger partial charge < -0.3 is 10.8 Å². The Hall–Kier alpha value is -2.20. The molecule has 4 heteroatoms. The van der Waals surface area contributed by atoms with Crippen molar-refractivity contribution < 1.29 is 14.3 Å². The van der Waals surface area contributed by atoms with Crippen molar-refractivity contribution in [3.8, 4) is 0 Å². The molecule has 3 nitrogen and oxygen atoms in total. The first-order valence-corrected chi connectivity index (χ1v) is 7.51. The fraction of sp³-hybridized carbons (Fsp3) is 0.316. The number of hydrogen-bond acceptors (Lipinski definition) is 2. The van der Waals surface area contributed by atoms with Crippen molar-refractivity contribution in [3.05, 3.63) is 71.0 Å². The minimum absolute atomic E-state index is 0.0233. The molecule has 0 heterocycles. The van der Waals surface area contributed by atoms with Crippen molar-refractivity contribution in [2.75, 3.05) is 0 Å². The van der Waals surface area contributed by atoms with E-state index in [0.29, 0.717) is 0 Å². The number of hydrogen-bond donors (Lipinski definition) is 2. The van der Waals surface area contributed by atoms with Crippen molar-refractivity contribution in [2.45, 2.75) is 38.2 Å². The van der Waals surface area contributed by atoms with Gasteiger partial charge in [-0.3, -0.25) is 4.79 Å². The number of amides is 1. The first-order chi connectivity index (χ1) is 10.6. The third-order valence-corrected chi connectivity index (χ3v) is 4.01. The van der Waals surface area contributed by atoms with Gasteiger partial charge in [0.05, 0.1) is 0 Å². The molecule has 2 aromatic rings. The van der Waals surface area contributed by atoms with E-state index in [0.717, 1.165) is 11.1 Å². The highest BCUT2D eigenvalue weighted by molar-refractivity contribution is 5.85. The lowest BCUT2D eigenvalue weighted by atomic mass is 9.83. The normalized spacial score (nSPS) is 14.3. The molecular weight excluding hydrogens is 293 g/mol. The van der Waals surface area contributed by atoms with Gasteiger partial charge in [-0.25, -0.2) is 4.39 Å². The molecule has 0 aliphatic rings. The first kappa shape index (κ1) is 17.2. The molecule has 0 aliphatic heterocycles. The minimum Gasteiger partial charge on any atom is -0.375 e. The van der Waals surface area contributed by atoms with Crippen molar-refractivity contribution >= 4 is 5.91 Å². The molecule has 1 amide bonds. The number of carbonyl (C=O) groups excluding carboxylic acids is 1. The van der Waals surface area contributed by atoms with Crippen LogP contribution in [0.25, 0.3) is 0 Å². The zero-order valence-corrected chi connectivity index (χ0v) is 13.6. The molecule has 0 aliphatic carbocycles. The molecule has 0 spiro atoms. The Labute approximate surface area is 136 Å². The van der Waals surface area contributed by atoms with E-state index in [-0.39, 0.29) is 17.4 Å². The van der Waals surface area contributed by atoms with Gasteiger partial charge in [-0.2, -0.15) is 0 Å². The summed E-state index contributed by atoms with van der Waals surface area (Å²) in [4.78, 5) is 11.8. The van der Waals surface area contributed by atoms with Crippen molar-refractivity contribution in [1.82, 2.24) is 0 Å². The molecule has 0 radical (unpaired) electrons. The maximum Gasteiger partial charge on any atom is 0.254 e. The van der Waals surface area contributed by atoms with Gasteiger partial charge in [0.15, 0.2) is 5.60 Å². The van der Waals surface area contributed by atoms with E-state index in [1.54, 1.807) is 0 Å². The summed E-state index contributed by atoms with van der Waals surface area (Å²) in [7, 11) is 0.